The monoisotopic (exact) mass is 471 g/mol. The van der Waals surface area contributed by atoms with Crippen molar-refractivity contribution in [3.05, 3.63) is 78.4 Å². The third-order valence-electron chi connectivity index (χ3n) is 6.55. The number of rotatable bonds is 5. The summed E-state index contributed by atoms with van der Waals surface area (Å²) in [6, 6.07) is 13.6. The molecule has 0 saturated carbocycles. The number of fused-ring (bicyclic) bond motifs is 2. The van der Waals surface area contributed by atoms with Gasteiger partial charge in [0.05, 0.1) is 11.2 Å². The van der Waals surface area contributed by atoms with Crippen LogP contribution in [-0.2, 0) is 0 Å². The number of halogens is 2. The molecule has 0 amide bonds. The van der Waals surface area contributed by atoms with Gasteiger partial charge in [0.1, 0.15) is 23.2 Å². The first-order valence-corrected chi connectivity index (χ1v) is 11.6. The Morgan fingerprint density at radius 1 is 1.06 bits per heavy atom. The van der Waals surface area contributed by atoms with Crippen LogP contribution in [0.15, 0.2) is 67.1 Å². The molecule has 2 N–H and O–H groups in total. The van der Waals surface area contributed by atoms with Gasteiger partial charge < -0.3 is 9.72 Å². The largest absolute Gasteiger partial charge is 0.486 e. The van der Waals surface area contributed by atoms with Crippen molar-refractivity contribution in [1.29, 1.82) is 0 Å². The summed E-state index contributed by atoms with van der Waals surface area (Å²) in [5, 5.41) is 9.51. The summed E-state index contributed by atoms with van der Waals surface area (Å²) >= 11 is 0. The molecule has 4 heterocycles. The van der Waals surface area contributed by atoms with E-state index in [0.29, 0.717) is 6.42 Å². The van der Waals surface area contributed by atoms with E-state index in [9.17, 15) is 8.78 Å². The Kier molecular flexibility index (Phi) is 5.09. The number of alkyl halides is 2. The molecule has 6 rings (SSSR count). The van der Waals surface area contributed by atoms with E-state index in [4.69, 9.17) is 4.74 Å². The van der Waals surface area contributed by atoms with E-state index in [1.165, 1.54) is 0 Å². The van der Waals surface area contributed by atoms with Gasteiger partial charge >= 0.3 is 0 Å². The van der Waals surface area contributed by atoms with Crippen molar-refractivity contribution >= 4 is 27.5 Å². The Morgan fingerprint density at radius 2 is 1.97 bits per heavy atom. The highest BCUT2D eigenvalue weighted by molar-refractivity contribution is 5.93. The van der Waals surface area contributed by atoms with Crippen molar-refractivity contribution in [3.63, 3.8) is 0 Å². The molecule has 5 aromatic rings. The number of hydrogen-bond acceptors (Lipinski definition) is 4. The lowest BCUT2D eigenvalue weighted by Gasteiger charge is -2.21. The summed E-state index contributed by atoms with van der Waals surface area (Å²) in [5.74, 6) is -1.88. The second-order valence-corrected chi connectivity index (χ2v) is 8.90. The van der Waals surface area contributed by atoms with Gasteiger partial charge in [-0.1, -0.05) is 6.08 Å². The molecule has 35 heavy (non-hydrogen) atoms. The van der Waals surface area contributed by atoms with Crippen LogP contribution in [0.1, 0.15) is 43.5 Å². The van der Waals surface area contributed by atoms with Gasteiger partial charge in [-0.05, 0) is 61.4 Å². The molecular weight excluding hydrogens is 448 g/mol. The molecule has 1 aliphatic carbocycles. The van der Waals surface area contributed by atoms with Gasteiger partial charge in [-0.25, -0.2) is 13.8 Å². The van der Waals surface area contributed by atoms with Crippen LogP contribution in [0.2, 0.25) is 0 Å². The van der Waals surface area contributed by atoms with Gasteiger partial charge in [-0.2, -0.15) is 5.10 Å². The number of aromatic amines is 2. The number of aromatic nitrogens is 5. The molecule has 4 aromatic heterocycles. The predicted molar refractivity (Wildman–Crippen MR) is 131 cm³/mol. The van der Waals surface area contributed by atoms with E-state index in [2.05, 4.69) is 25.1 Å². The zero-order valence-corrected chi connectivity index (χ0v) is 19.1. The minimum absolute atomic E-state index is 0.136. The third kappa shape index (κ3) is 4.05. The topological polar surface area (TPSA) is 79.5 Å². The molecule has 6 nitrogen and oxygen atoms in total. The van der Waals surface area contributed by atoms with Crippen LogP contribution in [0.5, 0.6) is 5.75 Å². The van der Waals surface area contributed by atoms with Crippen LogP contribution in [-0.4, -0.2) is 31.1 Å². The Labute approximate surface area is 200 Å². The minimum atomic E-state index is -2.61. The van der Waals surface area contributed by atoms with Crippen LogP contribution in [0.4, 0.5) is 8.78 Å². The molecule has 0 radical (unpaired) electrons. The Bertz CT molecular complexity index is 1550. The Morgan fingerprint density at radius 3 is 2.77 bits per heavy atom. The maximum absolute atomic E-state index is 13.5. The first-order valence-electron chi connectivity index (χ1n) is 11.6. The molecule has 0 unspecified atom stereocenters. The van der Waals surface area contributed by atoms with Crippen molar-refractivity contribution in [1.82, 2.24) is 25.1 Å². The van der Waals surface area contributed by atoms with Gasteiger partial charge in [0.15, 0.2) is 0 Å². The average molecular weight is 472 g/mol. The number of ether oxygens (including phenoxy) is 1. The standard InChI is InChI=1S/C27H23F2N5O/c1-16(20-8-12-30-26-21(20)9-13-31-26)35-19-3-5-24-22(14-19)25(34-33-24)18-2-4-23(32-15-18)17-6-10-27(28,29)11-7-17/h2-6,8-9,12-16H,7,10-11H2,1H3,(H,30,31)(H,33,34)/t16-/m1/s1. The predicted octanol–water partition coefficient (Wildman–Crippen LogP) is 6.84. The van der Waals surface area contributed by atoms with Gasteiger partial charge in [0.25, 0.3) is 5.92 Å². The van der Waals surface area contributed by atoms with Crippen LogP contribution in [0, 0.1) is 0 Å². The van der Waals surface area contributed by atoms with Crippen LogP contribution >= 0.6 is 0 Å². The average Bonchev–Trinajstić information content (AvgIpc) is 3.51. The molecule has 1 atom stereocenters. The zero-order valence-electron chi connectivity index (χ0n) is 19.1. The third-order valence-corrected chi connectivity index (χ3v) is 6.55. The van der Waals surface area contributed by atoms with Gasteiger partial charge in [-0.3, -0.25) is 10.1 Å². The second-order valence-electron chi connectivity index (χ2n) is 8.90. The summed E-state index contributed by atoms with van der Waals surface area (Å²) < 4.78 is 33.2. The normalized spacial score (nSPS) is 16.4. The number of nitrogens with one attached hydrogen (secondary N) is 2. The molecule has 0 fully saturated rings. The molecule has 0 aliphatic heterocycles. The minimum Gasteiger partial charge on any atom is -0.486 e. The molecule has 0 bridgehead atoms. The fourth-order valence-electron chi connectivity index (χ4n) is 4.64. The molecule has 8 heteroatoms. The maximum Gasteiger partial charge on any atom is 0.251 e. The SMILES string of the molecule is C[C@@H](Oc1ccc2[nH]nc(-c3ccc(C4=CCC(F)(F)CC4)nc3)c2c1)c1ccnc2[nH]ccc12. The smallest absolute Gasteiger partial charge is 0.251 e. The Balaban J connectivity index is 1.27. The van der Waals surface area contributed by atoms with Crippen LogP contribution < -0.4 is 4.74 Å². The van der Waals surface area contributed by atoms with Crippen molar-refractivity contribution < 1.29 is 13.5 Å². The van der Waals surface area contributed by atoms with Crippen molar-refractivity contribution in [2.75, 3.05) is 0 Å². The summed E-state index contributed by atoms with van der Waals surface area (Å²) in [6.45, 7) is 2.01. The van der Waals surface area contributed by atoms with Crippen LogP contribution in [0.25, 0.3) is 38.8 Å². The molecule has 1 aromatic carbocycles. The van der Waals surface area contributed by atoms with E-state index in [-0.39, 0.29) is 18.9 Å². The summed E-state index contributed by atoms with van der Waals surface area (Å²) in [4.78, 5) is 12.0. The lowest BCUT2D eigenvalue weighted by molar-refractivity contribution is -0.00605. The highest BCUT2D eigenvalue weighted by atomic mass is 19.3. The van der Waals surface area contributed by atoms with E-state index < -0.39 is 5.92 Å². The quantitative estimate of drug-likeness (QED) is 0.294. The van der Waals surface area contributed by atoms with Crippen molar-refractivity contribution in [2.45, 2.75) is 38.2 Å². The van der Waals surface area contributed by atoms with Gasteiger partial charge in [0.2, 0.25) is 0 Å². The maximum atomic E-state index is 13.5. The highest BCUT2D eigenvalue weighted by Crippen LogP contribution is 2.37. The van der Waals surface area contributed by atoms with E-state index in [1.54, 1.807) is 18.5 Å². The van der Waals surface area contributed by atoms with E-state index in [0.717, 1.165) is 55.8 Å². The number of benzene rings is 1. The second kappa shape index (κ2) is 8.30. The van der Waals surface area contributed by atoms with E-state index in [1.807, 2.05) is 55.6 Å². The number of hydrogen-bond donors (Lipinski definition) is 2. The fraction of sp³-hybridized carbons (Fsp3) is 0.222. The Hall–Kier alpha value is -4.07. The molecule has 0 spiro atoms. The zero-order chi connectivity index (χ0) is 24.0. The summed E-state index contributed by atoms with van der Waals surface area (Å²) in [5.41, 5.74) is 5.98. The van der Waals surface area contributed by atoms with Crippen molar-refractivity contribution in [2.24, 2.45) is 0 Å². The number of pyridine rings is 2. The molecular formula is C27H23F2N5O. The number of H-pyrrole nitrogens is 2. The van der Waals surface area contributed by atoms with Gasteiger partial charge in [-0.15, -0.1) is 0 Å². The molecule has 0 saturated heterocycles. The van der Waals surface area contributed by atoms with E-state index >= 15 is 0 Å². The highest BCUT2D eigenvalue weighted by Gasteiger charge is 2.31. The molecule has 176 valence electrons. The van der Waals surface area contributed by atoms with Crippen LogP contribution in [0.3, 0.4) is 0 Å². The summed E-state index contributed by atoms with van der Waals surface area (Å²) in [7, 11) is 0. The molecule has 1 aliphatic rings. The number of nitrogens with zero attached hydrogens (tertiary/aromatic N) is 3. The first kappa shape index (κ1) is 21.5. The summed E-state index contributed by atoms with van der Waals surface area (Å²) in [6.07, 6.45) is 6.78. The lowest BCUT2D eigenvalue weighted by atomic mass is 9.94. The number of allylic oxidation sites excluding steroid dienone is 2. The lowest BCUT2D eigenvalue weighted by Crippen LogP contribution is -2.18. The van der Waals surface area contributed by atoms with Gasteiger partial charge in [0, 0.05) is 53.3 Å². The first-order chi connectivity index (χ1) is 17.0. The van der Waals surface area contributed by atoms with Crippen molar-refractivity contribution in [3.8, 4) is 17.0 Å². The fourth-order valence-corrected chi connectivity index (χ4v) is 4.64.